The summed E-state index contributed by atoms with van der Waals surface area (Å²) in [4.78, 5) is 30.3. The standard InChI is InChI=1S/C32H35F4N5O5S/c1-18-14-37-15-24(41(18)47(44,45)25-8-9-25)7-10-26-27(36)16-38-17-28(26)39-31(42)30(40-32(43)46-2)29(19-3-5-21(33)6-4-19)20-11-22(34)13-23(35)12-20/h3-6,11-13,16-18,24-25,29-30,37H,7-10,14-15H2,1-2H3,(H,39,42)(H,40,43)/t18-,24+,29+,30+/m1/s1. The molecule has 0 radical (unpaired) electrons. The van der Waals surface area contributed by atoms with Crippen LogP contribution < -0.4 is 16.0 Å². The summed E-state index contributed by atoms with van der Waals surface area (Å²) in [5.74, 6) is -5.46. The van der Waals surface area contributed by atoms with Crippen LogP contribution in [-0.2, 0) is 26.0 Å². The number of alkyl carbamates (subject to hydrolysis) is 1. The molecule has 252 valence electrons. The van der Waals surface area contributed by atoms with Crippen LogP contribution in [0.1, 0.15) is 48.8 Å². The molecule has 1 saturated heterocycles. The van der Waals surface area contributed by atoms with Gasteiger partial charge < -0.3 is 20.7 Å². The van der Waals surface area contributed by atoms with Crippen LogP contribution in [-0.4, -0.2) is 73.3 Å². The van der Waals surface area contributed by atoms with Crippen molar-refractivity contribution in [1.29, 1.82) is 0 Å². The fourth-order valence-electron chi connectivity index (χ4n) is 6.06. The lowest BCUT2D eigenvalue weighted by atomic mass is 9.84. The van der Waals surface area contributed by atoms with E-state index < -0.39 is 68.5 Å². The van der Waals surface area contributed by atoms with E-state index in [0.717, 1.165) is 37.6 Å². The number of benzene rings is 2. The Morgan fingerprint density at radius 2 is 1.68 bits per heavy atom. The van der Waals surface area contributed by atoms with E-state index in [2.05, 4.69) is 20.9 Å². The van der Waals surface area contributed by atoms with Crippen molar-refractivity contribution in [2.24, 2.45) is 0 Å². The third-order valence-electron chi connectivity index (χ3n) is 8.39. The number of piperazine rings is 1. The van der Waals surface area contributed by atoms with Crippen LogP contribution in [0.5, 0.6) is 0 Å². The average Bonchev–Trinajstić information content (AvgIpc) is 3.87. The Morgan fingerprint density at radius 1 is 1.00 bits per heavy atom. The summed E-state index contributed by atoms with van der Waals surface area (Å²) in [5.41, 5.74) is 0.159. The second-order valence-electron chi connectivity index (χ2n) is 11.8. The maximum Gasteiger partial charge on any atom is 0.407 e. The van der Waals surface area contributed by atoms with Gasteiger partial charge in [-0.3, -0.25) is 9.78 Å². The highest BCUT2D eigenvalue weighted by atomic mass is 32.2. The van der Waals surface area contributed by atoms with Crippen LogP contribution in [0.25, 0.3) is 0 Å². The van der Waals surface area contributed by atoms with Crippen LogP contribution in [0.3, 0.4) is 0 Å². The maximum atomic E-state index is 15.3. The van der Waals surface area contributed by atoms with Gasteiger partial charge in [0.2, 0.25) is 15.9 Å². The normalized spacial score (nSPS) is 19.9. The summed E-state index contributed by atoms with van der Waals surface area (Å²) in [6.45, 7) is 2.65. The van der Waals surface area contributed by atoms with Gasteiger partial charge in [0.15, 0.2) is 0 Å². The topological polar surface area (TPSA) is 130 Å². The van der Waals surface area contributed by atoms with Gasteiger partial charge >= 0.3 is 6.09 Å². The molecule has 15 heteroatoms. The van der Waals surface area contributed by atoms with Gasteiger partial charge in [0.05, 0.1) is 30.4 Å². The summed E-state index contributed by atoms with van der Waals surface area (Å²) >= 11 is 0. The molecule has 5 rings (SSSR count). The Balaban J connectivity index is 1.46. The minimum Gasteiger partial charge on any atom is -0.453 e. The molecule has 0 spiro atoms. The van der Waals surface area contributed by atoms with Gasteiger partial charge in [0.25, 0.3) is 0 Å². The van der Waals surface area contributed by atoms with Gasteiger partial charge in [0, 0.05) is 42.7 Å². The summed E-state index contributed by atoms with van der Waals surface area (Å²) in [7, 11) is -2.48. The molecule has 10 nitrogen and oxygen atoms in total. The first-order chi connectivity index (χ1) is 22.4. The van der Waals surface area contributed by atoms with Crippen LogP contribution in [0.2, 0.25) is 0 Å². The molecule has 0 bridgehead atoms. The van der Waals surface area contributed by atoms with Crippen molar-refractivity contribution in [3.8, 4) is 0 Å². The Hall–Kier alpha value is -4.08. The van der Waals surface area contributed by atoms with Crippen LogP contribution in [0.4, 0.5) is 28.0 Å². The first-order valence-electron chi connectivity index (χ1n) is 15.1. The molecule has 0 unspecified atom stereocenters. The zero-order valence-corrected chi connectivity index (χ0v) is 26.5. The van der Waals surface area contributed by atoms with Crippen molar-refractivity contribution in [2.45, 2.75) is 61.9 Å². The zero-order valence-electron chi connectivity index (χ0n) is 25.7. The van der Waals surface area contributed by atoms with Crippen molar-refractivity contribution in [3.05, 3.63) is 94.8 Å². The molecule has 1 saturated carbocycles. The van der Waals surface area contributed by atoms with Crippen molar-refractivity contribution < 1.29 is 40.3 Å². The first-order valence-corrected chi connectivity index (χ1v) is 16.6. The molecule has 2 amide bonds. The highest BCUT2D eigenvalue weighted by Gasteiger charge is 2.45. The maximum absolute atomic E-state index is 15.3. The number of rotatable bonds is 11. The van der Waals surface area contributed by atoms with Crippen LogP contribution in [0.15, 0.2) is 54.9 Å². The minimum atomic E-state index is -3.54. The lowest BCUT2D eigenvalue weighted by Gasteiger charge is -2.40. The number of nitrogens with one attached hydrogen (secondary N) is 3. The van der Waals surface area contributed by atoms with E-state index in [1.165, 1.54) is 22.6 Å². The molecule has 3 aromatic rings. The number of pyridine rings is 1. The quantitative estimate of drug-likeness (QED) is 0.259. The molecule has 47 heavy (non-hydrogen) atoms. The van der Waals surface area contributed by atoms with Gasteiger partial charge in [-0.25, -0.2) is 30.8 Å². The Bertz CT molecular complexity index is 1700. The van der Waals surface area contributed by atoms with E-state index in [1.807, 2.05) is 6.92 Å². The van der Waals surface area contributed by atoms with Crippen molar-refractivity contribution in [1.82, 2.24) is 19.9 Å². The Morgan fingerprint density at radius 3 is 2.32 bits per heavy atom. The number of amides is 2. The number of sulfonamides is 1. The molecular weight excluding hydrogens is 642 g/mol. The van der Waals surface area contributed by atoms with Crippen molar-refractivity contribution in [3.63, 3.8) is 0 Å². The van der Waals surface area contributed by atoms with E-state index in [-0.39, 0.29) is 41.3 Å². The Kier molecular flexibility index (Phi) is 10.5. The average molecular weight is 678 g/mol. The zero-order chi connectivity index (χ0) is 33.9. The SMILES string of the molecule is COC(=O)N[C@H](C(=O)Nc1cncc(F)c1CC[C@H]1CNC[C@@H](C)N1S(=O)(=O)C1CC1)[C@@H](c1ccc(F)cc1)c1cc(F)cc(F)c1. The predicted molar refractivity (Wildman–Crippen MR) is 165 cm³/mol. The highest BCUT2D eigenvalue weighted by molar-refractivity contribution is 7.90. The van der Waals surface area contributed by atoms with Gasteiger partial charge in [-0.05, 0) is 68.0 Å². The largest absolute Gasteiger partial charge is 0.453 e. The van der Waals surface area contributed by atoms with Gasteiger partial charge in [-0.2, -0.15) is 4.31 Å². The van der Waals surface area contributed by atoms with Crippen molar-refractivity contribution >= 4 is 27.7 Å². The molecule has 1 aliphatic heterocycles. The predicted octanol–water partition coefficient (Wildman–Crippen LogP) is 4.22. The second kappa shape index (κ2) is 14.4. The third-order valence-corrected chi connectivity index (χ3v) is 11.0. The number of hydrogen-bond acceptors (Lipinski definition) is 7. The fourth-order valence-corrected chi connectivity index (χ4v) is 8.31. The summed E-state index contributed by atoms with van der Waals surface area (Å²) in [5, 5.41) is 7.79. The second-order valence-corrected chi connectivity index (χ2v) is 13.9. The molecule has 2 aliphatic rings. The molecule has 2 fully saturated rings. The third kappa shape index (κ3) is 7.91. The molecule has 3 N–H and O–H groups in total. The number of methoxy groups -OCH3 is 1. The molecule has 2 aromatic carbocycles. The lowest BCUT2D eigenvalue weighted by Crippen LogP contribution is -2.59. The Labute approximate surface area is 269 Å². The molecule has 1 aliphatic carbocycles. The number of carbonyl (C=O) groups is 2. The van der Waals surface area contributed by atoms with E-state index in [9.17, 15) is 31.2 Å². The lowest BCUT2D eigenvalue weighted by molar-refractivity contribution is -0.118. The van der Waals surface area contributed by atoms with Crippen LogP contribution in [0, 0.1) is 23.3 Å². The number of nitrogens with zero attached hydrogens (tertiary/aromatic N) is 2. The monoisotopic (exact) mass is 677 g/mol. The number of carbonyl (C=O) groups excluding carboxylic acids is 2. The van der Waals surface area contributed by atoms with Crippen LogP contribution >= 0.6 is 0 Å². The number of ether oxygens (including phenoxy) is 1. The number of aromatic nitrogens is 1. The van der Waals surface area contributed by atoms with Crippen molar-refractivity contribution in [2.75, 3.05) is 25.5 Å². The van der Waals surface area contributed by atoms with Gasteiger partial charge in [0.1, 0.15) is 29.3 Å². The molecule has 1 aromatic heterocycles. The van der Waals surface area contributed by atoms with E-state index >= 15 is 4.39 Å². The minimum absolute atomic E-state index is 0.0192. The number of anilines is 1. The highest BCUT2D eigenvalue weighted by Crippen LogP contribution is 2.35. The fraction of sp³-hybridized carbons (Fsp3) is 0.406. The molecular formula is C32H35F4N5O5S. The summed E-state index contributed by atoms with van der Waals surface area (Å²) < 4.78 is 90.7. The van der Waals surface area contributed by atoms with Gasteiger partial charge in [-0.15, -0.1) is 0 Å². The van der Waals surface area contributed by atoms with E-state index in [4.69, 9.17) is 4.74 Å². The number of hydrogen-bond donors (Lipinski definition) is 3. The summed E-state index contributed by atoms with van der Waals surface area (Å²) in [6.07, 6.45) is 2.56. The first kappa shape index (κ1) is 34.3. The molecule has 2 heterocycles. The van der Waals surface area contributed by atoms with E-state index in [0.29, 0.717) is 32.0 Å². The summed E-state index contributed by atoms with van der Waals surface area (Å²) in [6, 6.07) is 5.00. The number of halogens is 4. The van der Waals surface area contributed by atoms with E-state index in [1.54, 1.807) is 0 Å². The smallest absolute Gasteiger partial charge is 0.407 e. The molecule has 4 atom stereocenters. The van der Waals surface area contributed by atoms with Gasteiger partial charge in [-0.1, -0.05) is 12.1 Å².